The van der Waals surface area contributed by atoms with E-state index in [2.05, 4.69) is 16.0 Å². The fourth-order valence-electron chi connectivity index (χ4n) is 2.00. The largest absolute Gasteiger partial charge is 0.481 e. The second-order valence-electron chi connectivity index (χ2n) is 6.17. The second-order valence-corrected chi connectivity index (χ2v) is 6.17. The molecule has 2 atom stereocenters. The molecule has 1 rings (SSSR count). The zero-order valence-electron chi connectivity index (χ0n) is 12.2. The van der Waals surface area contributed by atoms with Gasteiger partial charge in [-0.1, -0.05) is 20.8 Å². The van der Waals surface area contributed by atoms with E-state index in [1.165, 1.54) is 0 Å². The first kappa shape index (κ1) is 16.3. The van der Waals surface area contributed by atoms with Gasteiger partial charge < -0.3 is 21.1 Å². The van der Waals surface area contributed by atoms with E-state index in [4.69, 9.17) is 5.11 Å². The van der Waals surface area contributed by atoms with Gasteiger partial charge in [-0.2, -0.15) is 0 Å². The van der Waals surface area contributed by atoms with Gasteiger partial charge in [-0.15, -0.1) is 0 Å². The van der Waals surface area contributed by atoms with E-state index < -0.39 is 18.0 Å². The zero-order chi connectivity index (χ0) is 15.3. The molecule has 0 bridgehead atoms. The molecule has 0 saturated carbocycles. The molecular formula is C13H23N3O4. The van der Waals surface area contributed by atoms with Crippen molar-refractivity contribution in [3.63, 3.8) is 0 Å². The summed E-state index contributed by atoms with van der Waals surface area (Å²) in [6, 6.07) is -0.911. The van der Waals surface area contributed by atoms with Crippen LogP contribution in [0.4, 0.5) is 4.79 Å². The molecule has 1 aliphatic rings. The van der Waals surface area contributed by atoms with Crippen molar-refractivity contribution >= 4 is 17.9 Å². The van der Waals surface area contributed by atoms with E-state index in [1.54, 1.807) is 0 Å². The Bertz CT molecular complexity index is 390. The van der Waals surface area contributed by atoms with Crippen LogP contribution >= 0.6 is 0 Å². The number of carboxylic acids is 1. The minimum atomic E-state index is -0.951. The molecule has 1 heterocycles. The van der Waals surface area contributed by atoms with Crippen molar-refractivity contribution in [2.24, 2.45) is 5.41 Å². The van der Waals surface area contributed by atoms with E-state index in [9.17, 15) is 14.4 Å². The highest BCUT2D eigenvalue weighted by molar-refractivity contribution is 5.79. The predicted molar refractivity (Wildman–Crippen MR) is 73.2 cm³/mol. The number of urea groups is 1. The van der Waals surface area contributed by atoms with Gasteiger partial charge in [0.1, 0.15) is 0 Å². The average Bonchev–Trinajstić information content (AvgIpc) is 2.70. The van der Waals surface area contributed by atoms with Gasteiger partial charge in [-0.25, -0.2) is 4.79 Å². The molecule has 1 aliphatic heterocycles. The molecule has 2 unspecified atom stereocenters. The van der Waals surface area contributed by atoms with Gasteiger partial charge in [0, 0.05) is 25.0 Å². The number of carboxylic acid groups (broad SMARTS) is 1. The molecule has 0 aromatic carbocycles. The fourth-order valence-corrected chi connectivity index (χ4v) is 2.00. The lowest BCUT2D eigenvalue weighted by Crippen LogP contribution is -2.51. The summed E-state index contributed by atoms with van der Waals surface area (Å²) in [4.78, 5) is 33.6. The highest BCUT2D eigenvalue weighted by Gasteiger charge is 2.29. The minimum Gasteiger partial charge on any atom is -0.481 e. The first-order chi connectivity index (χ1) is 9.18. The third kappa shape index (κ3) is 5.46. The topological polar surface area (TPSA) is 108 Å². The van der Waals surface area contributed by atoms with Crippen LogP contribution in [-0.2, 0) is 9.59 Å². The molecule has 7 nitrogen and oxygen atoms in total. The van der Waals surface area contributed by atoms with Crippen molar-refractivity contribution < 1.29 is 19.5 Å². The van der Waals surface area contributed by atoms with Crippen LogP contribution < -0.4 is 16.0 Å². The van der Waals surface area contributed by atoms with E-state index >= 15 is 0 Å². The smallest absolute Gasteiger partial charge is 0.315 e. The van der Waals surface area contributed by atoms with E-state index in [1.807, 2.05) is 20.8 Å². The first-order valence-electron chi connectivity index (χ1n) is 6.74. The van der Waals surface area contributed by atoms with Gasteiger partial charge in [0.25, 0.3) is 0 Å². The standard InChI is InChI=1S/C13H23N3O4/c1-13(2,3)9(6-11(18)19)16-12(20)14-7-8-4-5-10(17)15-8/h8-9H,4-7H2,1-3H3,(H,15,17)(H,18,19)(H2,14,16,20). The highest BCUT2D eigenvalue weighted by Crippen LogP contribution is 2.21. The molecule has 7 heteroatoms. The number of carbonyl (C=O) groups is 3. The number of amides is 3. The minimum absolute atomic E-state index is 0.00402. The number of nitrogens with one attached hydrogen (secondary N) is 3. The Balaban J connectivity index is 2.41. The molecular weight excluding hydrogens is 262 g/mol. The van der Waals surface area contributed by atoms with Crippen LogP contribution in [0.25, 0.3) is 0 Å². The van der Waals surface area contributed by atoms with Crippen LogP contribution in [0.3, 0.4) is 0 Å². The van der Waals surface area contributed by atoms with E-state index in [-0.39, 0.29) is 23.8 Å². The molecule has 114 valence electrons. The first-order valence-corrected chi connectivity index (χ1v) is 6.74. The Morgan fingerprint density at radius 2 is 2.10 bits per heavy atom. The summed E-state index contributed by atoms with van der Waals surface area (Å²) >= 11 is 0. The number of carbonyl (C=O) groups excluding carboxylic acids is 2. The third-order valence-corrected chi connectivity index (χ3v) is 3.32. The van der Waals surface area contributed by atoms with Crippen molar-refractivity contribution in [1.82, 2.24) is 16.0 Å². The zero-order valence-corrected chi connectivity index (χ0v) is 12.2. The van der Waals surface area contributed by atoms with Crippen molar-refractivity contribution in [2.75, 3.05) is 6.54 Å². The average molecular weight is 285 g/mol. The van der Waals surface area contributed by atoms with Crippen molar-refractivity contribution in [1.29, 1.82) is 0 Å². The van der Waals surface area contributed by atoms with E-state index in [0.717, 1.165) is 0 Å². The summed E-state index contributed by atoms with van der Waals surface area (Å²) in [5, 5.41) is 17.0. The van der Waals surface area contributed by atoms with Gasteiger partial charge in [-0.3, -0.25) is 9.59 Å². The van der Waals surface area contributed by atoms with Crippen LogP contribution in [0.2, 0.25) is 0 Å². The normalized spacial score (nSPS) is 20.1. The molecule has 0 aromatic heterocycles. The molecule has 0 radical (unpaired) electrons. The van der Waals surface area contributed by atoms with E-state index in [0.29, 0.717) is 19.4 Å². The molecule has 1 saturated heterocycles. The summed E-state index contributed by atoms with van der Waals surface area (Å²) in [7, 11) is 0. The number of hydrogen-bond acceptors (Lipinski definition) is 3. The molecule has 1 fully saturated rings. The van der Waals surface area contributed by atoms with Gasteiger partial charge in [0.05, 0.1) is 6.42 Å². The number of aliphatic carboxylic acids is 1. The lowest BCUT2D eigenvalue weighted by molar-refractivity contribution is -0.138. The van der Waals surface area contributed by atoms with Gasteiger partial charge >= 0.3 is 12.0 Å². The summed E-state index contributed by atoms with van der Waals surface area (Å²) < 4.78 is 0. The Morgan fingerprint density at radius 3 is 2.55 bits per heavy atom. The Morgan fingerprint density at radius 1 is 1.45 bits per heavy atom. The molecule has 0 aliphatic carbocycles. The van der Waals surface area contributed by atoms with Crippen LogP contribution in [0.5, 0.6) is 0 Å². The highest BCUT2D eigenvalue weighted by atomic mass is 16.4. The maximum absolute atomic E-state index is 11.8. The maximum Gasteiger partial charge on any atom is 0.315 e. The van der Waals surface area contributed by atoms with Crippen molar-refractivity contribution in [2.45, 2.75) is 52.1 Å². The Kier molecular flexibility index (Phi) is 5.35. The second kappa shape index (κ2) is 6.58. The molecule has 0 aromatic rings. The molecule has 20 heavy (non-hydrogen) atoms. The fraction of sp³-hybridized carbons (Fsp3) is 0.769. The van der Waals surface area contributed by atoms with Crippen LogP contribution in [0, 0.1) is 5.41 Å². The quantitative estimate of drug-likeness (QED) is 0.588. The molecule has 4 N–H and O–H groups in total. The maximum atomic E-state index is 11.8. The third-order valence-electron chi connectivity index (χ3n) is 3.32. The monoisotopic (exact) mass is 285 g/mol. The van der Waals surface area contributed by atoms with Gasteiger partial charge in [-0.05, 0) is 11.8 Å². The Labute approximate surface area is 118 Å². The van der Waals surface area contributed by atoms with Gasteiger partial charge in [0.15, 0.2) is 0 Å². The number of hydrogen-bond donors (Lipinski definition) is 4. The van der Waals surface area contributed by atoms with Crippen LogP contribution in [-0.4, -0.2) is 41.6 Å². The van der Waals surface area contributed by atoms with Gasteiger partial charge in [0.2, 0.25) is 5.91 Å². The summed E-state index contributed by atoms with van der Waals surface area (Å²) in [5.74, 6) is -0.955. The SMILES string of the molecule is CC(C)(C)C(CC(=O)O)NC(=O)NCC1CCC(=O)N1. The summed E-state index contributed by atoms with van der Waals surface area (Å²) in [6.07, 6.45) is 1.06. The predicted octanol–water partition coefficient (Wildman–Crippen LogP) is 0.454. The van der Waals surface area contributed by atoms with Crippen LogP contribution in [0.15, 0.2) is 0 Å². The molecule has 3 amide bonds. The Hall–Kier alpha value is -1.79. The van der Waals surface area contributed by atoms with Crippen molar-refractivity contribution in [3.05, 3.63) is 0 Å². The van der Waals surface area contributed by atoms with Crippen LogP contribution in [0.1, 0.15) is 40.0 Å². The molecule has 0 spiro atoms. The van der Waals surface area contributed by atoms with Crippen molar-refractivity contribution in [3.8, 4) is 0 Å². The summed E-state index contributed by atoms with van der Waals surface area (Å²) in [6.45, 7) is 5.97. The summed E-state index contributed by atoms with van der Waals surface area (Å²) in [5.41, 5.74) is -0.350. The lowest BCUT2D eigenvalue weighted by atomic mass is 9.85. The lowest BCUT2D eigenvalue weighted by Gasteiger charge is -2.30. The number of rotatable bonds is 5.